The Morgan fingerprint density at radius 1 is 1.12 bits per heavy atom. The van der Waals surface area contributed by atoms with Gasteiger partial charge in [0.2, 0.25) is 5.91 Å². The van der Waals surface area contributed by atoms with Gasteiger partial charge in [-0.25, -0.2) is 15.0 Å². The molecule has 43 heavy (non-hydrogen) atoms. The summed E-state index contributed by atoms with van der Waals surface area (Å²) in [5.41, 5.74) is 1.09. The highest BCUT2D eigenvalue weighted by Gasteiger charge is 2.32. The molecule has 236 valence electrons. The molecule has 1 aliphatic heterocycles. The number of hydrogen-bond donors (Lipinski definition) is 1. The number of rotatable bonds is 15. The van der Waals surface area contributed by atoms with Crippen molar-refractivity contribution in [2.75, 3.05) is 25.7 Å². The SMILES string of the molecule is COC(=O)C(C)CC(Cc1ncc(C)cn1)NC(=O)c1csc(C(CC(C(C)C)N(C)C(=O)CC2CSC2)OC(C)=O)n1. The van der Waals surface area contributed by atoms with Crippen LogP contribution < -0.4 is 5.32 Å². The molecular formula is C30H43N5O6S2. The van der Waals surface area contributed by atoms with Gasteiger partial charge in [0.05, 0.1) is 13.0 Å². The lowest BCUT2D eigenvalue weighted by Gasteiger charge is -2.35. The van der Waals surface area contributed by atoms with E-state index in [1.165, 1.54) is 25.4 Å². The van der Waals surface area contributed by atoms with E-state index in [4.69, 9.17) is 9.47 Å². The van der Waals surface area contributed by atoms with Gasteiger partial charge in [0, 0.05) is 63.1 Å². The van der Waals surface area contributed by atoms with Gasteiger partial charge in [-0.3, -0.25) is 19.2 Å². The van der Waals surface area contributed by atoms with Gasteiger partial charge in [0.15, 0.2) is 6.10 Å². The third kappa shape index (κ3) is 10.3. The minimum absolute atomic E-state index is 0.0783. The molecule has 13 heteroatoms. The molecule has 11 nitrogen and oxygen atoms in total. The fraction of sp³-hybridized carbons (Fsp3) is 0.633. The number of hydrogen-bond acceptors (Lipinski definition) is 11. The van der Waals surface area contributed by atoms with Gasteiger partial charge in [0.1, 0.15) is 16.5 Å². The highest BCUT2D eigenvalue weighted by atomic mass is 32.2. The third-order valence-electron chi connectivity index (χ3n) is 7.46. The Hall–Kier alpha value is -3.06. The van der Waals surface area contributed by atoms with Crippen molar-refractivity contribution in [3.63, 3.8) is 0 Å². The quantitative estimate of drug-likeness (QED) is 0.286. The molecule has 4 unspecified atom stereocenters. The molecule has 2 aromatic rings. The molecule has 2 amide bonds. The Morgan fingerprint density at radius 3 is 2.35 bits per heavy atom. The Bertz CT molecular complexity index is 1250. The van der Waals surface area contributed by atoms with Crippen molar-refractivity contribution in [3.8, 4) is 0 Å². The van der Waals surface area contributed by atoms with Gasteiger partial charge in [-0.1, -0.05) is 20.8 Å². The summed E-state index contributed by atoms with van der Waals surface area (Å²) >= 11 is 3.07. The monoisotopic (exact) mass is 633 g/mol. The average Bonchev–Trinajstić information content (AvgIpc) is 3.43. The fourth-order valence-corrected chi connectivity index (χ4v) is 6.58. The van der Waals surface area contributed by atoms with Crippen LogP contribution in [0.25, 0.3) is 0 Å². The fourth-order valence-electron chi connectivity index (χ4n) is 4.94. The molecule has 0 radical (unpaired) electrons. The number of carbonyl (C=O) groups excluding carboxylic acids is 4. The van der Waals surface area contributed by atoms with Crippen LogP contribution in [0.15, 0.2) is 17.8 Å². The maximum atomic E-state index is 13.4. The normalized spacial score (nSPS) is 16.0. The van der Waals surface area contributed by atoms with Crippen LogP contribution in [0.2, 0.25) is 0 Å². The first-order chi connectivity index (χ1) is 20.4. The second kappa shape index (κ2) is 16.1. The molecule has 0 bridgehead atoms. The Kier molecular flexibility index (Phi) is 12.9. The number of esters is 2. The first kappa shape index (κ1) is 34.4. The molecule has 1 saturated heterocycles. The van der Waals surface area contributed by atoms with Gasteiger partial charge in [-0.05, 0) is 42.2 Å². The number of aromatic nitrogens is 3. The minimum atomic E-state index is -0.720. The molecule has 3 rings (SSSR count). The molecule has 0 spiro atoms. The standard InChI is InChI=1S/C30H43N5O6S2/c1-17(2)24(35(6)27(37)9-21-14-42-15-21)11-25(41-20(5)36)29-34-23(16-43-29)28(38)33-22(8-19(4)30(39)40-7)10-26-31-12-18(3)13-32-26/h12-13,16-17,19,21-22,24-25H,8-11,14-15H2,1-7H3,(H,33,38). The topological polar surface area (TPSA) is 141 Å². The van der Waals surface area contributed by atoms with Gasteiger partial charge in [-0.15, -0.1) is 11.3 Å². The second-order valence-corrected chi connectivity index (χ2v) is 13.5. The lowest BCUT2D eigenvalue weighted by atomic mass is 9.95. The molecule has 2 aromatic heterocycles. The van der Waals surface area contributed by atoms with Crippen LogP contribution in [-0.2, 0) is 30.3 Å². The molecule has 1 N–H and O–H groups in total. The number of amides is 2. The second-order valence-electron chi connectivity index (χ2n) is 11.5. The largest absolute Gasteiger partial charge is 0.469 e. The molecular weight excluding hydrogens is 590 g/mol. The maximum Gasteiger partial charge on any atom is 0.308 e. The lowest BCUT2D eigenvalue weighted by molar-refractivity contribution is -0.148. The van der Waals surface area contributed by atoms with E-state index in [0.717, 1.165) is 17.1 Å². The minimum Gasteiger partial charge on any atom is -0.469 e. The summed E-state index contributed by atoms with van der Waals surface area (Å²) in [4.78, 5) is 65.6. The Balaban J connectivity index is 1.76. The van der Waals surface area contributed by atoms with E-state index in [1.54, 1.807) is 36.6 Å². The predicted molar refractivity (Wildman–Crippen MR) is 166 cm³/mol. The summed E-state index contributed by atoms with van der Waals surface area (Å²) < 4.78 is 10.6. The third-order valence-corrected chi connectivity index (χ3v) is 9.82. The zero-order valence-electron chi connectivity index (χ0n) is 26.0. The first-order valence-corrected chi connectivity index (χ1v) is 16.5. The highest BCUT2D eigenvalue weighted by molar-refractivity contribution is 8.00. The van der Waals surface area contributed by atoms with Gasteiger partial charge >= 0.3 is 11.9 Å². The Labute approximate surface area is 261 Å². The van der Waals surface area contributed by atoms with Crippen LogP contribution in [0.5, 0.6) is 0 Å². The summed E-state index contributed by atoms with van der Waals surface area (Å²) in [5.74, 6) is 1.41. The van der Waals surface area contributed by atoms with Gasteiger partial charge in [-0.2, -0.15) is 11.8 Å². The van der Waals surface area contributed by atoms with Crippen LogP contribution >= 0.6 is 23.1 Å². The number of methoxy groups -OCH3 is 1. The predicted octanol–water partition coefficient (Wildman–Crippen LogP) is 4.01. The summed E-state index contributed by atoms with van der Waals surface area (Å²) in [6.45, 7) is 9.03. The molecule has 4 atom stereocenters. The zero-order chi connectivity index (χ0) is 31.7. The summed E-state index contributed by atoms with van der Waals surface area (Å²) in [6.07, 6.45) is 4.19. The van der Waals surface area contributed by atoms with E-state index in [-0.39, 0.29) is 29.5 Å². The summed E-state index contributed by atoms with van der Waals surface area (Å²) in [7, 11) is 3.13. The molecule has 1 fully saturated rings. The number of nitrogens with zero attached hydrogens (tertiary/aromatic N) is 4. The summed E-state index contributed by atoms with van der Waals surface area (Å²) in [5, 5.41) is 5.07. The van der Waals surface area contributed by atoms with E-state index < -0.39 is 29.9 Å². The van der Waals surface area contributed by atoms with Crippen LogP contribution in [0.1, 0.15) is 79.9 Å². The highest BCUT2D eigenvalue weighted by Crippen LogP contribution is 2.32. The van der Waals surface area contributed by atoms with Crippen molar-refractivity contribution in [3.05, 3.63) is 39.9 Å². The number of thiazole rings is 1. The zero-order valence-corrected chi connectivity index (χ0v) is 27.6. The number of nitrogens with one attached hydrogen (secondary N) is 1. The molecule has 0 saturated carbocycles. The number of thioether (sulfide) groups is 1. The number of ether oxygens (including phenoxy) is 2. The van der Waals surface area contributed by atoms with Crippen LogP contribution in [0, 0.1) is 24.7 Å². The molecule has 3 heterocycles. The number of aryl methyl sites for hydroxylation is 1. The molecule has 1 aliphatic rings. The van der Waals surface area contributed by atoms with Crippen LogP contribution in [0.4, 0.5) is 0 Å². The summed E-state index contributed by atoms with van der Waals surface area (Å²) in [6, 6.07) is -0.651. The average molecular weight is 634 g/mol. The van der Waals surface area contributed by atoms with Crippen LogP contribution in [-0.4, -0.2) is 81.4 Å². The van der Waals surface area contributed by atoms with Crippen molar-refractivity contribution in [1.29, 1.82) is 0 Å². The first-order valence-electron chi connectivity index (χ1n) is 14.5. The lowest BCUT2D eigenvalue weighted by Crippen LogP contribution is -2.43. The smallest absolute Gasteiger partial charge is 0.308 e. The van der Waals surface area contributed by atoms with E-state index in [2.05, 4.69) is 20.3 Å². The number of carbonyl (C=O) groups is 4. The van der Waals surface area contributed by atoms with E-state index >= 15 is 0 Å². The van der Waals surface area contributed by atoms with E-state index in [0.29, 0.717) is 42.4 Å². The van der Waals surface area contributed by atoms with Crippen molar-refractivity contribution >= 4 is 46.9 Å². The maximum absolute atomic E-state index is 13.4. The van der Waals surface area contributed by atoms with Crippen molar-refractivity contribution in [2.45, 2.75) is 78.5 Å². The Morgan fingerprint density at radius 2 is 1.79 bits per heavy atom. The molecule has 0 aromatic carbocycles. The van der Waals surface area contributed by atoms with Gasteiger partial charge < -0.3 is 19.7 Å². The van der Waals surface area contributed by atoms with Crippen LogP contribution in [0.3, 0.4) is 0 Å². The van der Waals surface area contributed by atoms with Crippen molar-refractivity contribution in [1.82, 2.24) is 25.2 Å². The van der Waals surface area contributed by atoms with E-state index in [9.17, 15) is 19.2 Å². The van der Waals surface area contributed by atoms with Crippen molar-refractivity contribution in [2.24, 2.45) is 17.8 Å². The molecule has 0 aliphatic carbocycles. The van der Waals surface area contributed by atoms with Gasteiger partial charge in [0.25, 0.3) is 5.91 Å². The van der Waals surface area contributed by atoms with E-state index in [1.807, 2.05) is 32.5 Å². The van der Waals surface area contributed by atoms with Crippen molar-refractivity contribution < 1.29 is 28.7 Å².